The summed E-state index contributed by atoms with van der Waals surface area (Å²) in [5.41, 5.74) is 2.71. The van der Waals surface area contributed by atoms with Gasteiger partial charge in [0.25, 0.3) is 5.91 Å². The molecule has 176 valence electrons. The Morgan fingerprint density at radius 2 is 1.42 bits per heavy atom. The molecule has 0 spiro atoms. The van der Waals surface area contributed by atoms with Crippen molar-refractivity contribution >= 4 is 34.8 Å². The van der Waals surface area contributed by atoms with Gasteiger partial charge in [-0.15, -0.1) is 0 Å². The second-order valence-electron chi connectivity index (χ2n) is 8.91. The SMILES string of the molecule is CC(C)CC(=O)Nc1ccc(NC(=O)CNc2cccc(C(=O)N3CCCCCC3)c2)cc1. The van der Waals surface area contributed by atoms with Crippen molar-refractivity contribution in [3.8, 4) is 0 Å². The minimum absolute atomic E-state index is 0.0254. The third-order valence-electron chi connectivity index (χ3n) is 5.50. The summed E-state index contributed by atoms with van der Waals surface area (Å²) < 4.78 is 0. The van der Waals surface area contributed by atoms with Crippen molar-refractivity contribution in [3.63, 3.8) is 0 Å². The van der Waals surface area contributed by atoms with E-state index in [1.165, 1.54) is 12.8 Å². The summed E-state index contributed by atoms with van der Waals surface area (Å²) >= 11 is 0. The summed E-state index contributed by atoms with van der Waals surface area (Å²) in [6.45, 7) is 5.68. The number of nitrogens with zero attached hydrogens (tertiary/aromatic N) is 1. The molecule has 2 aromatic rings. The zero-order valence-electron chi connectivity index (χ0n) is 19.5. The Kier molecular flexibility index (Phi) is 8.87. The molecule has 7 heteroatoms. The number of carbonyl (C=O) groups excluding carboxylic acids is 3. The number of hydrogen-bond acceptors (Lipinski definition) is 4. The molecule has 1 heterocycles. The Hall–Kier alpha value is -3.35. The smallest absolute Gasteiger partial charge is 0.253 e. The van der Waals surface area contributed by atoms with E-state index in [4.69, 9.17) is 0 Å². The Labute approximate surface area is 195 Å². The summed E-state index contributed by atoms with van der Waals surface area (Å²) in [6.07, 6.45) is 4.92. The summed E-state index contributed by atoms with van der Waals surface area (Å²) in [7, 11) is 0. The quantitative estimate of drug-likeness (QED) is 0.542. The molecule has 0 saturated carbocycles. The fraction of sp³-hybridized carbons (Fsp3) is 0.423. The minimum Gasteiger partial charge on any atom is -0.376 e. The van der Waals surface area contributed by atoms with Crippen molar-refractivity contribution < 1.29 is 14.4 Å². The molecular weight excluding hydrogens is 416 g/mol. The van der Waals surface area contributed by atoms with Crippen LogP contribution in [0, 0.1) is 5.92 Å². The monoisotopic (exact) mass is 450 g/mol. The van der Waals surface area contributed by atoms with Crippen LogP contribution in [0.4, 0.5) is 17.1 Å². The van der Waals surface area contributed by atoms with Gasteiger partial charge in [0, 0.05) is 42.1 Å². The van der Waals surface area contributed by atoms with Gasteiger partial charge in [0.2, 0.25) is 11.8 Å². The first-order chi connectivity index (χ1) is 15.9. The number of carbonyl (C=O) groups is 3. The van der Waals surface area contributed by atoms with Crippen LogP contribution >= 0.6 is 0 Å². The van der Waals surface area contributed by atoms with Crippen LogP contribution in [0.5, 0.6) is 0 Å². The first-order valence-corrected chi connectivity index (χ1v) is 11.7. The van der Waals surface area contributed by atoms with Crippen molar-refractivity contribution in [1.29, 1.82) is 0 Å². The van der Waals surface area contributed by atoms with Crippen molar-refractivity contribution in [2.45, 2.75) is 46.0 Å². The maximum atomic E-state index is 12.8. The van der Waals surface area contributed by atoms with Gasteiger partial charge < -0.3 is 20.9 Å². The summed E-state index contributed by atoms with van der Waals surface area (Å²) in [5.74, 6) is 0.119. The van der Waals surface area contributed by atoms with Gasteiger partial charge in [0.15, 0.2) is 0 Å². The van der Waals surface area contributed by atoms with Crippen LogP contribution in [0.15, 0.2) is 48.5 Å². The summed E-state index contributed by atoms with van der Waals surface area (Å²) in [6, 6.07) is 14.3. The molecule has 3 rings (SSSR count). The van der Waals surface area contributed by atoms with E-state index in [0.717, 1.165) is 31.6 Å². The molecule has 3 amide bonds. The zero-order valence-corrected chi connectivity index (χ0v) is 19.5. The standard InChI is InChI=1S/C26H34N4O3/c1-19(2)16-24(31)28-21-10-12-22(13-11-21)29-25(32)18-27-23-9-7-8-20(17-23)26(33)30-14-5-3-4-6-15-30/h7-13,17,19,27H,3-6,14-16,18H2,1-2H3,(H,28,31)(H,29,32). The summed E-state index contributed by atoms with van der Waals surface area (Å²) in [4.78, 5) is 39.0. The van der Waals surface area contributed by atoms with Crippen molar-refractivity contribution in [3.05, 3.63) is 54.1 Å². The van der Waals surface area contributed by atoms with Crippen molar-refractivity contribution in [2.75, 3.05) is 35.6 Å². The van der Waals surface area contributed by atoms with Crippen LogP contribution in [-0.4, -0.2) is 42.3 Å². The molecule has 0 radical (unpaired) electrons. The molecule has 1 saturated heterocycles. The van der Waals surface area contributed by atoms with Crippen LogP contribution in [0.3, 0.4) is 0 Å². The first kappa shape index (κ1) is 24.3. The fourth-order valence-corrected chi connectivity index (χ4v) is 3.83. The van der Waals surface area contributed by atoms with E-state index < -0.39 is 0 Å². The second-order valence-corrected chi connectivity index (χ2v) is 8.91. The van der Waals surface area contributed by atoms with Crippen molar-refractivity contribution in [2.24, 2.45) is 5.92 Å². The molecule has 0 aliphatic carbocycles. The lowest BCUT2D eigenvalue weighted by Gasteiger charge is -2.20. The lowest BCUT2D eigenvalue weighted by Crippen LogP contribution is -2.31. The second kappa shape index (κ2) is 12.0. The molecule has 33 heavy (non-hydrogen) atoms. The molecule has 0 unspecified atom stereocenters. The van der Waals surface area contributed by atoms with E-state index >= 15 is 0 Å². The molecule has 0 bridgehead atoms. The van der Waals surface area contributed by atoms with Crippen LogP contribution < -0.4 is 16.0 Å². The molecule has 1 aliphatic heterocycles. The molecular formula is C26H34N4O3. The fourth-order valence-electron chi connectivity index (χ4n) is 3.83. The molecule has 0 atom stereocenters. The van der Waals surface area contributed by atoms with Gasteiger partial charge in [0.1, 0.15) is 0 Å². The van der Waals surface area contributed by atoms with Gasteiger partial charge in [0.05, 0.1) is 6.54 Å². The first-order valence-electron chi connectivity index (χ1n) is 11.7. The average molecular weight is 451 g/mol. The third-order valence-corrected chi connectivity index (χ3v) is 5.50. The molecule has 1 fully saturated rings. The van der Waals surface area contributed by atoms with Gasteiger partial charge in [-0.25, -0.2) is 0 Å². The number of nitrogens with one attached hydrogen (secondary N) is 3. The van der Waals surface area contributed by atoms with E-state index in [1.807, 2.05) is 36.9 Å². The third kappa shape index (κ3) is 7.93. The predicted octanol–water partition coefficient (Wildman–Crippen LogP) is 4.74. The highest BCUT2D eigenvalue weighted by atomic mass is 16.2. The largest absolute Gasteiger partial charge is 0.376 e. The number of likely N-dealkylation sites (tertiary alicyclic amines) is 1. The number of amides is 3. The van der Waals surface area contributed by atoms with E-state index in [0.29, 0.717) is 29.3 Å². The van der Waals surface area contributed by atoms with E-state index in [-0.39, 0.29) is 24.3 Å². The Balaban J connectivity index is 1.49. The minimum atomic E-state index is -0.198. The molecule has 1 aliphatic rings. The highest BCUT2D eigenvalue weighted by molar-refractivity contribution is 5.96. The van der Waals surface area contributed by atoms with Crippen LogP contribution in [0.2, 0.25) is 0 Å². The van der Waals surface area contributed by atoms with Crippen LogP contribution in [0.25, 0.3) is 0 Å². The average Bonchev–Trinajstić information content (AvgIpc) is 3.08. The zero-order chi connectivity index (χ0) is 23.6. The predicted molar refractivity (Wildman–Crippen MR) is 132 cm³/mol. The molecule has 3 N–H and O–H groups in total. The molecule has 2 aromatic carbocycles. The molecule has 7 nitrogen and oxygen atoms in total. The lowest BCUT2D eigenvalue weighted by molar-refractivity contribution is -0.117. The van der Waals surface area contributed by atoms with Gasteiger partial charge in [-0.3, -0.25) is 14.4 Å². The molecule has 0 aromatic heterocycles. The Bertz CT molecular complexity index is 948. The maximum Gasteiger partial charge on any atom is 0.253 e. The number of benzene rings is 2. The Morgan fingerprint density at radius 1 is 0.818 bits per heavy atom. The van der Waals surface area contributed by atoms with E-state index in [1.54, 1.807) is 30.3 Å². The van der Waals surface area contributed by atoms with E-state index in [2.05, 4.69) is 16.0 Å². The topological polar surface area (TPSA) is 90.5 Å². The highest BCUT2D eigenvalue weighted by Gasteiger charge is 2.17. The number of anilines is 3. The lowest BCUT2D eigenvalue weighted by atomic mass is 10.1. The van der Waals surface area contributed by atoms with Crippen molar-refractivity contribution in [1.82, 2.24) is 4.90 Å². The van der Waals surface area contributed by atoms with E-state index in [9.17, 15) is 14.4 Å². The maximum absolute atomic E-state index is 12.8. The summed E-state index contributed by atoms with van der Waals surface area (Å²) in [5, 5.41) is 8.77. The normalized spacial score (nSPS) is 13.8. The number of rotatable bonds is 8. The Morgan fingerprint density at radius 3 is 2.03 bits per heavy atom. The van der Waals surface area contributed by atoms with Crippen LogP contribution in [0.1, 0.15) is 56.3 Å². The highest BCUT2D eigenvalue weighted by Crippen LogP contribution is 2.17. The van der Waals surface area contributed by atoms with Gasteiger partial charge in [-0.05, 0) is 61.2 Å². The van der Waals surface area contributed by atoms with Gasteiger partial charge in [-0.1, -0.05) is 32.8 Å². The van der Waals surface area contributed by atoms with Gasteiger partial charge in [-0.2, -0.15) is 0 Å². The van der Waals surface area contributed by atoms with Crippen LogP contribution in [-0.2, 0) is 9.59 Å². The van der Waals surface area contributed by atoms with Gasteiger partial charge >= 0.3 is 0 Å². The number of hydrogen-bond donors (Lipinski definition) is 3.